The van der Waals surface area contributed by atoms with Gasteiger partial charge in [0.15, 0.2) is 11.5 Å². The number of nitrogens with two attached hydrogens (primary N) is 1. The molecule has 0 saturated carbocycles. The average molecular weight is 317 g/mol. The summed E-state index contributed by atoms with van der Waals surface area (Å²) in [5, 5.41) is 0.651. The van der Waals surface area contributed by atoms with Gasteiger partial charge in [0.25, 0.3) is 0 Å². The Hall–Kier alpha value is -2.24. The molecule has 5 nitrogen and oxygen atoms in total. The van der Waals surface area contributed by atoms with Crippen LogP contribution in [-0.2, 0) is 4.79 Å². The zero-order valence-electron chi connectivity index (χ0n) is 11.5. The van der Waals surface area contributed by atoms with Crippen LogP contribution in [0.2, 0.25) is 5.02 Å². The van der Waals surface area contributed by atoms with Crippen molar-refractivity contribution >= 4 is 23.2 Å². The van der Waals surface area contributed by atoms with E-state index < -0.39 is 6.04 Å². The topological polar surface area (TPSA) is 64.8 Å². The zero-order valence-corrected chi connectivity index (χ0v) is 12.3. The van der Waals surface area contributed by atoms with Crippen LogP contribution in [-0.4, -0.2) is 18.7 Å². The fourth-order valence-corrected chi connectivity index (χ4v) is 2.98. The predicted octanol–water partition coefficient (Wildman–Crippen LogP) is 2.48. The number of β-lactam (4-membered cyclic amide) rings is 1. The molecule has 2 aromatic rings. The van der Waals surface area contributed by atoms with Crippen molar-refractivity contribution in [3.8, 4) is 11.5 Å². The Labute approximate surface area is 132 Å². The van der Waals surface area contributed by atoms with Crippen LogP contribution in [0.15, 0.2) is 42.5 Å². The smallest absolute Gasteiger partial charge is 0.247 e. The number of carbonyl (C=O) groups excluding carboxylic acids is 1. The van der Waals surface area contributed by atoms with E-state index in [0.717, 1.165) is 11.3 Å². The van der Waals surface area contributed by atoms with Crippen molar-refractivity contribution < 1.29 is 14.3 Å². The molecule has 2 aliphatic heterocycles. The summed E-state index contributed by atoms with van der Waals surface area (Å²) in [6, 6.07) is 12.0. The van der Waals surface area contributed by atoms with Gasteiger partial charge >= 0.3 is 0 Å². The molecule has 1 fully saturated rings. The second-order valence-corrected chi connectivity index (χ2v) is 5.70. The first-order chi connectivity index (χ1) is 10.6. The highest BCUT2D eigenvalue weighted by Gasteiger charge is 2.46. The summed E-state index contributed by atoms with van der Waals surface area (Å²) in [5.74, 6) is 1.21. The monoisotopic (exact) mass is 316 g/mol. The van der Waals surface area contributed by atoms with E-state index in [1.54, 1.807) is 29.2 Å². The minimum atomic E-state index is -0.549. The Balaban J connectivity index is 1.70. The summed E-state index contributed by atoms with van der Waals surface area (Å²) in [5.41, 5.74) is 7.70. The number of carbonyl (C=O) groups is 1. The molecular weight excluding hydrogens is 304 g/mol. The first kappa shape index (κ1) is 13.4. The van der Waals surface area contributed by atoms with E-state index in [1.807, 2.05) is 18.2 Å². The molecule has 2 aromatic carbocycles. The molecule has 1 saturated heterocycles. The molecule has 22 heavy (non-hydrogen) atoms. The van der Waals surface area contributed by atoms with Crippen molar-refractivity contribution in [3.05, 3.63) is 53.1 Å². The van der Waals surface area contributed by atoms with Crippen LogP contribution in [0, 0.1) is 0 Å². The van der Waals surface area contributed by atoms with Crippen LogP contribution in [0.25, 0.3) is 0 Å². The van der Waals surface area contributed by atoms with Gasteiger partial charge in [-0.1, -0.05) is 23.7 Å². The Bertz CT molecular complexity index is 748. The largest absolute Gasteiger partial charge is 0.454 e. The Kier molecular flexibility index (Phi) is 2.99. The van der Waals surface area contributed by atoms with Crippen molar-refractivity contribution in [2.24, 2.45) is 5.73 Å². The van der Waals surface area contributed by atoms with Crippen molar-refractivity contribution in [2.75, 3.05) is 11.7 Å². The quantitative estimate of drug-likeness (QED) is 0.865. The number of rotatable bonds is 2. The SMILES string of the molecule is N[C@@H]1C(=O)N(c2ccc3c(c2)OCO3)[C@@H]1c1ccc(Cl)cc1. The van der Waals surface area contributed by atoms with Gasteiger partial charge in [-0.15, -0.1) is 0 Å². The summed E-state index contributed by atoms with van der Waals surface area (Å²) in [4.78, 5) is 13.9. The van der Waals surface area contributed by atoms with Crippen LogP contribution in [0.3, 0.4) is 0 Å². The molecule has 0 unspecified atom stereocenters. The summed E-state index contributed by atoms with van der Waals surface area (Å²) >= 11 is 5.92. The summed E-state index contributed by atoms with van der Waals surface area (Å²) in [6.07, 6.45) is 0. The Morgan fingerprint density at radius 1 is 1.09 bits per heavy atom. The van der Waals surface area contributed by atoms with E-state index in [-0.39, 0.29) is 18.7 Å². The molecule has 112 valence electrons. The number of hydrogen-bond acceptors (Lipinski definition) is 4. The van der Waals surface area contributed by atoms with Gasteiger partial charge in [-0.2, -0.15) is 0 Å². The minimum absolute atomic E-state index is 0.112. The molecule has 4 rings (SSSR count). The zero-order chi connectivity index (χ0) is 15.3. The fraction of sp³-hybridized carbons (Fsp3) is 0.188. The van der Waals surface area contributed by atoms with Gasteiger partial charge in [0.2, 0.25) is 12.7 Å². The molecule has 0 bridgehead atoms. The Morgan fingerprint density at radius 2 is 1.82 bits per heavy atom. The molecule has 1 amide bonds. The van der Waals surface area contributed by atoms with Crippen LogP contribution in [0.4, 0.5) is 5.69 Å². The van der Waals surface area contributed by atoms with Crippen LogP contribution < -0.4 is 20.1 Å². The number of nitrogens with zero attached hydrogens (tertiary/aromatic N) is 1. The van der Waals surface area contributed by atoms with Crippen molar-refractivity contribution in [3.63, 3.8) is 0 Å². The summed E-state index contributed by atoms with van der Waals surface area (Å²) in [7, 11) is 0. The lowest BCUT2D eigenvalue weighted by molar-refractivity contribution is -0.126. The van der Waals surface area contributed by atoms with Crippen LogP contribution in [0.5, 0.6) is 11.5 Å². The van der Waals surface area contributed by atoms with Crippen LogP contribution in [0.1, 0.15) is 11.6 Å². The van der Waals surface area contributed by atoms with E-state index in [4.69, 9.17) is 26.8 Å². The second-order valence-electron chi connectivity index (χ2n) is 5.27. The average Bonchev–Trinajstić information content (AvgIpc) is 3.00. The van der Waals surface area contributed by atoms with Gasteiger partial charge in [-0.3, -0.25) is 4.79 Å². The number of fused-ring (bicyclic) bond motifs is 1. The third-order valence-corrected chi connectivity index (χ3v) is 4.24. The normalized spacial score (nSPS) is 22.6. The Morgan fingerprint density at radius 3 is 2.59 bits per heavy atom. The van der Waals surface area contributed by atoms with Gasteiger partial charge in [0.1, 0.15) is 6.04 Å². The maximum atomic E-state index is 12.2. The molecule has 0 radical (unpaired) electrons. The third-order valence-electron chi connectivity index (χ3n) is 3.99. The van der Waals surface area contributed by atoms with E-state index >= 15 is 0 Å². The lowest BCUT2D eigenvalue weighted by Gasteiger charge is -2.45. The standard InChI is InChI=1S/C16H13ClN2O3/c17-10-3-1-9(2-4-10)15-14(18)16(20)19(15)11-5-6-12-13(7-11)22-8-21-12/h1-7,14-15H,8,18H2/t14-,15+/m0/s1. The molecule has 2 atom stereocenters. The second kappa shape index (κ2) is 4.90. The number of anilines is 1. The fourth-order valence-electron chi connectivity index (χ4n) is 2.85. The van der Waals surface area contributed by atoms with Gasteiger partial charge in [-0.05, 0) is 29.8 Å². The highest BCUT2D eigenvalue weighted by Crippen LogP contribution is 2.42. The maximum Gasteiger partial charge on any atom is 0.247 e. The highest BCUT2D eigenvalue weighted by atomic mass is 35.5. The van der Waals surface area contributed by atoms with Gasteiger partial charge in [0.05, 0.1) is 6.04 Å². The molecule has 0 aliphatic carbocycles. The number of benzene rings is 2. The van der Waals surface area contributed by atoms with Crippen molar-refractivity contribution in [2.45, 2.75) is 12.1 Å². The van der Waals surface area contributed by atoms with Crippen LogP contribution >= 0.6 is 11.6 Å². The summed E-state index contributed by atoms with van der Waals surface area (Å²) in [6.45, 7) is 0.201. The minimum Gasteiger partial charge on any atom is -0.454 e. The molecule has 2 aliphatic rings. The predicted molar refractivity (Wildman–Crippen MR) is 82.2 cm³/mol. The van der Waals surface area contributed by atoms with Crippen molar-refractivity contribution in [1.82, 2.24) is 0 Å². The molecule has 2 N–H and O–H groups in total. The maximum absolute atomic E-state index is 12.2. The molecular formula is C16H13ClN2O3. The number of ether oxygens (including phenoxy) is 2. The summed E-state index contributed by atoms with van der Waals surface area (Å²) < 4.78 is 10.7. The molecule has 2 heterocycles. The lowest BCUT2D eigenvalue weighted by atomic mass is 9.88. The van der Waals surface area contributed by atoms with E-state index in [9.17, 15) is 4.79 Å². The van der Waals surface area contributed by atoms with E-state index in [2.05, 4.69) is 0 Å². The molecule has 6 heteroatoms. The van der Waals surface area contributed by atoms with E-state index in [1.165, 1.54) is 0 Å². The van der Waals surface area contributed by atoms with Gasteiger partial charge in [-0.25, -0.2) is 0 Å². The molecule has 0 spiro atoms. The number of amides is 1. The highest BCUT2D eigenvalue weighted by molar-refractivity contribution is 6.30. The third kappa shape index (κ3) is 1.94. The first-order valence-electron chi connectivity index (χ1n) is 6.89. The van der Waals surface area contributed by atoms with Gasteiger partial charge < -0.3 is 20.1 Å². The van der Waals surface area contributed by atoms with Gasteiger partial charge in [0, 0.05) is 16.8 Å². The number of hydrogen-bond donors (Lipinski definition) is 1. The number of halogens is 1. The van der Waals surface area contributed by atoms with E-state index in [0.29, 0.717) is 16.5 Å². The lowest BCUT2D eigenvalue weighted by Crippen LogP contribution is -2.63. The van der Waals surface area contributed by atoms with Crippen molar-refractivity contribution in [1.29, 1.82) is 0 Å². The first-order valence-corrected chi connectivity index (χ1v) is 7.27. The molecule has 0 aromatic heterocycles.